The van der Waals surface area contributed by atoms with Crippen LogP contribution >= 0.6 is 0 Å². The molecule has 1 rings (SSSR count). The lowest BCUT2D eigenvalue weighted by Crippen LogP contribution is -2.60. The molecule has 0 aromatic heterocycles. The molecular weight excluding hydrogens is 423 g/mol. The highest BCUT2D eigenvalue weighted by Gasteiger charge is 2.49. The lowest BCUT2D eigenvalue weighted by atomic mass is 9.88. The molecule has 1 aliphatic rings. The van der Waals surface area contributed by atoms with Gasteiger partial charge in [-0.2, -0.15) is 22.0 Å². The number of hydrogen-bond acceptors (Lipinski definition) is 5. The van der Waals surface area contributed by atoms with Crippen molar-refractivity contribution in [1.82, 2.24) is 10.6 Å². The van der Waals surface area contributed by atoms with Crippen LogP contribution in [0.1, 0.15) is 20.3 Å². The number of carbonyl (C=O) groups excluding carboxylic acids is 1. The number of rotatable bonds is 7. The molecule has 0 bridgehead atoms. The predicted molar refractivity (Wildman–Crippen MR) is 93.7 cm³/mol. The van der Waals surface area contributed by atoms with Gasteiger partial charge in [-0.15, -0.1) is 0 Å². The number of carboxylic acid groups (broad SMARTS) is 2. The van der Waals surface area contributed by atoms with Crippen molar-refractivity contribution in [2.24, 2.45) is 5.92 Å². The summed E-state index contributed by atoms with van der Waals surface area (Å²) in [5, 5.41) is 31.3. The van der Waals surface area contributed by atoms with Crippen molar-refractivity contribution in [1.29, 1.82) is 0 Å². The normalized spacial score (nSPS) is 23.8. The quantitative estimate of drug-likeness (QED) is 0.294. The Morgan fingerprint density at radius 3 is 2.03 bits per heavy atom. The molecule has 5 atom stereocenters. The van der Waals surface area contributed by atoms with E-state index in [4.69, 9.17) is 15.0 Å². The second-order valence-corrected chi connectivity index (χ2v) is 6.36. The van der Waals surface area contributed by atoms with Gasteiger partial charge in [-0.1, -0.05) is 18.7 Å². The third-order valence-corrected chi connectivity index (χ3v) is 4.11. The lowest BCUT2D eigenvalue weighted by molar-refractivity contribution is -0.192. The van der Waals surface area contributed by atoms with E-state index in [1.54, 1.807) is 19.1 Å². The molecule has 0 unspecified atom stereocenters. The third-order valence-electron chi connectivity index (χ3n) is 4.11. The molecule has 5 N–H and O–H groups in total. The van der Waals surface area contributed by atoms with E-state index in [2.05, 4.69) is 17.2 Å². The van der Waals surface area contributed by atoms with E-state index in [1.165, 1.54) is 0 Å². The van der Waals surface area contributed by atoms with Crippen LogP contribution in [0.25, 0.3) is 0 Å². The number of allylic oxidation sites excluding steroid dienone is 1. The first-order valence-electron chi connectivity index (χ1n) is 8.46. The number of aliphatic hydroxyl groups excluding tert-OH is 1. The number of carboxylic acids is 2. The van der Waals surface area contributed by atoms with Gasteiger partial charge in [-0.25, -0.2) is 4.79 Å². The maximum Gasteiger partial charge on any atom is 0.490 e. The summed E-state index contributed by atoms with van der Waals surface area (Å²) in [5.41, 5.74) is 0. The fourth-order valence-corrected chi connectivity index (χ4v) is 2.79. The summed E-state index contributed by atoms with van der Waals surface area (Å²) >= 11 is 0. The van der Waals surface area contributed by atoms with E-state index in [1.807, 2.05) is 0 Å². The van der Waals surface area contributed by atoms with Gasteiger partial charge in [0.2, 0.25) is 5.91 Å². The highest BCUT2D eigenvalue weighted by Crippen LogP contribution is 2.31. The molecular formula is C17H23F5N2O6. The minimum atomic E-state index is -5.08. The Kier molecular flexibility index (Phi) is 10.1. The summed E-state index contributed by atoms with van der Waals surface area (Å²) in [6.07, 6.45) is -3.49. The summed E-state index contributed by atoms with van der Waals surface area (Å²) in [6.45, 7) is 5.84. The van der Waals surface area contributed by atoms with E-state index in [-0.39, 0.29) is 6.42 Å². The van der Waals surface area contributed by atoms with Gasteiger partial charge >= 0.3 is 18.1 Å². The Hall–Kier alpha value is -2.54. The third kappa shape index (κ3) is 8.06. The zero-order valence-corrected chi connectivity index (χ0v) is 16.0. The molecule has 1 heterocycles. The van der Waals surface area contributed by atoms with Crippen molar-refractivity contribution in [3.05, 3.63) is 24.8 Å². The van der Waals surface area contributed by atoms with E-state index in [0.29, 0.717) is 6.08 Å². The zero-order valence-electron chi connectivity index (χ0n) is 16.0. The van der Waals surface area contributed by atoms with E-state index < -0.39 is 60.1 Å². The summed E-state index contributed by atoms with van der Waals surface area (Å²) in [7, 11) is 0. The fraction of sp³-hybridized carbons (Fsp3) is 0.588. The molecule has 0 aromatic rings. The van der Waals surface area contributed by atoms with Gasteiger partial charge < -0.3 is 20.6 Å². The summed E-state index contributed by atoms with van der Waals surface area (Å²) in [5.74, 6) is -8.53. The Morgan fingerprint density at radius 2 is 1.70 bits per heavy atom. The Morgan fingerprint density at radius 1 is 1.20 bits per heavy atom. The molecule has 0 saturated carbocycles. The van der Waals surface area contributed by atoms with Crippen molar-refractivity contribution >= 4 is 17.8 Å². The highest BCUT2D eigenvalue weighted by atomic mass is 19.4. The number of aliphatic hydroxyl groups is 1. The van der Waals surface area contributed by atoms with Crippen LogP contribution in [0.5, 0.6) is 0 Å². The summed E-state index contributed by atoms with van der Waals surface area (Å²) in [4.78, 5) is 31.4. The molecule has 0 spiro atoms. The van der Waals surface area contributed by atoms with Gasteiger partial charge in [-0.3, -0.25) is 14.9 Å². The van der Waals surface area contributed by atoms with Crippen LogP contribution in [-0.2, 0) is 14.4 Å². The number of amides is 1. The topological polar surface area (TPSA) is 136 Å². The van der Waals surface area contributed by atoms with Gasteiger partial charge in [0.1, 0.15) is 12.1 Å². The molecule has 0 radical (unpaired) electrons. The standard InChI is InChI=1S/C15H22F2N2O4.C2HF3O2/c1-4-6-9-7-10(14(22)23)19-11(9)12(18-8(3)20)13(21)15(16,17)5-2;3-2(4,5)1(6)7/h4-6,9-13,19,21H,2,7H2,1,3H3,(H,18,20)(H,22,23);(H,6,7)/b6-4-;/t9-,10-,11-,12-,13-;/m1./s1. The van der Waals surface area contributed by atoms with Crippen molar-refractivity contribution in [2.45, 2.75) is 56.6 Å². The van der Waals surface area contributed by atoms with Crippen molar-refractivity contribution in [3.63, 3.8) is 0 Å². The fourth-order valence-electron chi connectivity index (χ4n) is 2.79. The van der Waals surface area contributed by atoms with Gasteiger partial charge in [0.25, 0.3) is 5.92 Å². The van der Waals surface area contributed by atoms with Gasteiger partial charge in [-0.05, 0) is 25.3 Å². The van der Waals surface area contributed by atoms with E-state index in [0.717, 1.165) is 6.92 Å². The van der Waals surface area contributed by atoms with Gasteiger partial charge in [0.15, 0.2) is 0 Å². The lowest BCUT2D eigenvalue weighted by Gasteiger charge is -2.34. The Labute approximate surface area is 168 Å². The summed E-state index contributed by atoms with van der Waals surface area (Å²) < 4.78 is 59.3. The average molecular weight is 446 g/mol. The first-order valence-corrected chi connectivity index (χ1v) is 8.46. The van der Waals surface area contributed by atoms with Crippen LogP contribution in [0.3, 0.4) is 0 Å². The number of hydrogen-bond donors (Lipinski definition) is 5. The molecule has 0 aromatic carbocycles. The minimum Gasteiger partial charge on any atom is -0.480 e. The predicted octanol–water partition coefficient (Wildman–Crippen LogP) is 1.31. The maximum absolute atomic E-state index is 13.8. The molecule has 1 amide bonds. The molecule has 30 heavy (non-hydrogen) atoms. The van der Waals surface area contributed by atoms with Crippen LogP contribution in [0.15, 0.2) is 24.8 Å². The van der Waals surface area contributed by atoms with E-state index >= 15 is 0 Å². The minimum absolute atomic E-state index is 0.173. The van der Waals surface area contributed by atoms with Crippen LogP contribution in [0.4, 0.5) is 22.0 Å². The average Bonchev–Trinajstić information content (AvgIpc) is 3.03. The van der Waals surface area contributed by atoms with Crippen molar-refractivity contribution < 1.29 is 51.7 Å². The first kappa shape index (κ1) is 27.5. The number of carbonyl (C=O) groups is 3. The molecule has 172 valence electrons. The van der Waals surface area contributed by atoms with E-state index in [9.17, 15) is 36.6 Å². The van der Waals surface area contributed by atoms with Crippen molar-refractivity contribution in [3.8, 4) is 0 Å². The highest BCUT2D eigenvalue weighted by molar-refractivity contribution is 5.75. The number of nitrogens with one attached hydrogen (secondary N) is 2. The number of halogens is 5. The number of aliphatic carboxylic acids is 2. The van der Waals surface area contributed by atoms with Crippen LogP contribution in [0.2, 0.25) is 0 Å². The largest absolute Gasteiger partial charge is 0.490 e. The van der Waals surface area contributed by atoms with Crippen LogP contribution in [0, 0.1) is 5.92 Å². The molecule has 8 nitrogen and oxygen atoms in total. The SMILES string of the molecule is C=CC(F)(F)[C@H](O)[C@H](NC(C)=O)[C@@H]1N[C@@H](C(=O)O)C[C@H]1/C=C\C.O=C(O)C(F)(F)F. The Bertz CT molecular complexity index is 668. The second kappa shape index (κ2) is 11.0. The zero-order chi connectivity index (χ0) is 23.9. The Balaban J connectivity index is 0.00000103. The second-order valence-electron chi connectivity index (χ2n) is 6.36. The summed E-state index contributed by atoms with van der Waals surface area (Å²) in [6, 6.07) is -3.16. The molecule has 1 aliphatic heterocycles. The molecule has 1 saturated heterocycles. The van der Waals surface area contributed by atoms with Gasteiger partial charge in [0.05, 0.1) is 6.04 Å². The monoisotopic (exact) mass is 446 g/mol. The number of alkyl halides is 5. The van der Waals surface area contributed by atoms with Crippen LogP contribution in [-0.4, -0.2) is 69.5 Å². The van der Waals surface area contributed by atoms with Crippen LogP contribution < -0.4 is 10.6 Å². The first-order chi connectivity index (χ1) is 13.6. The molecule has 1 fully saturated rings. The smallest absolute Gasteiger partial charge is 0.480 e. The maximum atomic E-state index is 13.8. The van der Waals surface area contributed by atoms with Gasteiger partial charge in [0, 0.05) is 13.0 Å². The van der Waals surface area contributed by atoms with Crippen molar-refractivity contribution in [2.75, 3.05) is 0 Å². The molecule has 0 aliphatic carbocycles. The molecule has 13 heteroatoms.